The lowest BCUT2D eigenvalue weighted by Crippen LogP contribution is -2.27. The summed E-state index contributed by atoms with van der Waals surface area (Å²) in [5.41, 5.74) is 0.552. The summed E-state index contributed by atoms with van der Waals surface area (Å²) >= 11 is 5.82. The van der Waals surface area contributed by atoms with Crippen molar-refractivity contribution < 1.29 is 9.13 Å². The first-order valence-electron chi connectivity index (χ1n) is 6.42. The normalized spacial score (nSPS) is 12.2. The van der Waals surface area contributed by atoms with E-state index in [2.05, 4.69) is 10.3 Å². The summed E-state index contributed by atoms with van der Waals surface area (Å²) in [6, 6.07) is 8.52. The van der Waals surface area contributed by atoms with E-state index in [0.29, 0.717) is 22.9 Å². The third-order valence-corrected chi connectivity index (χ3v) is 3.11. The van der Waals surface area contributed by atoms with Gasteiger partial charge in [-0.05, 0) is 36.9 Å². The minimum atomic E-state index is -0.335. The summed E-state index contributed by atoms with van der Waals surface area (Å²) in [5, 5.41) is 3.86. The average Bonchev–Trinajstić information content (AvgIpc) is 2.46. The summed E-state index contributed by atoms with van der Waals surface area (Å²) in [7, 11) is 0. The fourth-order valence-corrected chi connectivity index (χ4v) is 2.01. The smallest absolute Gasteiger partial charge is 0.146 e. The number of ether oxygens (including phenoxy) is 1. The molecule has 0 amide bonds. The second-order valence-electron chi connectivity index (χ2n) is 4.27. The maximum atomic E-state index is 13.8. The van der Waals surface area contributed by atoms with Gasteiger partial charge in [0.2, 0.25) is 0 Å². The van der Waals surface area contributed by atoms with Crippen LogP contribution in [0, 0.1) is 5.82 Å². The lowest BCUT2D eigenvalue weighted by atomic mass is 10.1. The van der Waals surface area contributed by atoms with Gasteiger partial charge < -0.3 is 10.1 Å². The van der Waals surface area contributed by atoms with E-state index in [1.807, 2.05) is 6.92 Å². The first kappa shape index (κ1) is 14.8. The molecule has 1 heterocycles. The van der Waals surface area contributed by atoms with Crippen molar-refractivity contribution >= 4 is 11.6 Å². The van der Waals surface area contributed by atoms with Gasteiger partial charge >= 0.3 is 0 Å². The van der Waals surface area contributed by atoms with Crippen molar-refractivity contribution in [3.63, 3.8) is 0 Å². The van der Waals surface area contributed by atoms with E-state index < -0.39 is 0 Å². The first-order chi connectivity index (χ1) is 9.70. The largest absolute Gasteiger partial charge is 0.492 e. The van der Waals surface area contributed by atoms with Crippen molar-refractivity contribution in [2.24, 2.45) is 0 Å². The summed E-state index contributed by atoms with van der Waals surface area (Å²) in [4.78, 5) is 3.76. The number of likely N-dealkylation sites (N-methyl/N-ethyl adjacent to an activating group) is 1. The maximum Gasteiger partial charge on any atom is 0.146 e. The molecule has 0 aliphatic carbocycles. The highest BCUT2D eigenvalue weighted by atomic mass is 35.5. The molecule has 1 unspecified atom stereocenters. The number of rotatable bonds is 6. The second-order valence-corrected chi connectivity index (χ2v) is 4.71. The summed E-state index contributed by atoms with van der Waals surface area (Å²) in [6.45, 7) is 3.02. The van der Waals surface area contributed by atoms with Gasteiger partial charge in [0.25, 0.3) is 0 Å². The summed E-state index contributed by atoms with van der Waals surface area (Å²) in [6.07, 6.45) is 2.78. The van der Waals surface area contributed by atoms with E-state index in [-0.39, 0.29) is 11.9 Å². The molecule has 0 radical (unpaired) electrons. The zero-order valence-corrected chi connectivity index (χ0v) is 11.9. The molecule has 20 heavy (non-hydrogen) atoms. The Bertz CT molecular complexity index is 548. The SMILES string of the molecule is CCNC(COc1ccc(Cl)cc1)c1ccncc1F. The third-order valence-electron chi connectivity index (χ3n) is 2.86. The number of hydrogen-bond donors (Lipinski definition) is 1. The number of pyridine rings is 1. The molecule has 1 atom stereocenters. The molecule has 0 spiro atoms. The molecular formula is C15H16ClFN2O. The molecule has 106 valence electrons. The molecule has 2 aromatic rings. The minimum Gasteiger partial charge on any atom is -0.492 e. The van der Waals surface area contributed by atoms with Crippen LogP contribution in [-0.4, -0.2) is 18.1 Å². The van der Waals surface area contributed by atoms with E-state index >= 15 is 0 Å². The van der Waals surface area contributed by atoms with Crippen molar-refractivity contribution in [1.82, 2.24) is 10.3 Å². The lowest BCUT2D eigenvalue weighted by Gasteiger charge is -2.19. The van der Waals surface area contributed by atoms with Gasteiger partial charge in [-0.15, -0.1) is 0 Å². The Morgan fingerprint density at radius 3 is 2.70 bits per heavy atom. The third kappa shape index (κ3) is 3.92. The molecule has 0 aliphatic rings. The molecule has 1 aromatic heterocycles. The van der Waals surface area contributed by atoms with Crippen LogP contribution in [0.2, 0.25) is 5.02 Å². The summed E-state index contributed by atoms with van der Waals surface area (Å²) in [5.74, 6) is 0.366. The Balaban J connectivity index is 2.06. The van der Waals surface area contributed by atoms with Crippen molar-refractivity contribution in [2.45, 2.75) is 13.0 Å². The number of nitrogens with one attached hydrogen (secondary N) is 1. The predicted octanol–water partition coefficient (Wildman–Crippen LogP) is 3.60. The molecule has 5 heteroatoms. The number of aromatic nitrogens is 1. The molecule has 0 saturated carbocycles. The molecule has 1 N–H and O–H groups in total. The topological polar surface area (TPSA) is 34.1 Å². The highest BCUT2D eigenvalue weighted by Gasteiger charge is 2.15. The van der Waals surface area contributed by atoms with Crippen LogP contribution >= 0.6 is 11.6 Å². The number of nitrogens with zero attached hydrogens (tertiary/aromatic N) is 1. The lowest BCUT2D eigenvalue weighted by molar-refractivity contribution is 0.264. The standard InChI is InChI=1S/C15H16ClFN2O/c1-2-19-15(13-7-8-18-9-14(13)17)10-20-12-5-3-11(16)4-6-12/h3-9,15,19H,2,10H2,1H3. The van der Waals surface area contributed by atoms with E-state index in [4.69, 9.17) is 16.3 Å². The Hall–Kier alpha value is -1.65. The van der Waals surface area contributed by atoms with E-state index in [1.54, 1.807) is 36.5 Å². The van der Waals surface area contributed by atoms with Crippen LogP contribution in [-0.2, 0) is 0 Å². The van der Waals surface area contributed by atoms with Gasteiger partial charge in [0.15, 0.2) is 0 Å². The van der Waals surface area contributed by atoms with Gasteiger partial charge in [0.1, 0.15) is 18.2 Å². The molecular weight excluding hydrogens is 279 g/mol. The van der Waals surface area contributed by atoms with Gasteiger partial charge in [-0.2, -0.15) is 0 Å². The van der Waals surface area contributed by atoms with Gasteiger partial charge in [0.05, 0.1) is 12.2 Å². The molecule has 0 fully saturated rings. The van der Waals surface area contributed by atoms with Crippen molar-refractivity contribution in [3.8, 4) is 5.75 Å². The van der Waals surface area contributed by atoms with Crippen molar-refractivity contribution in [2.75, 3.05) is 13.2 Å². The van der Waals surface area contributed by atoms with E-state index in [1.165, 1.54) is 6.20 Å². The molecule has 0 saturated heterocycles. The summed E-state index contributed by atoms with van der Waals surface area (Å²) < 4.78 is 19.4. The zero-order valence-electron chi connectivity index (χ0n) is 11.1. The number of hydrogen-bond acceptors (Lipinski definition) is 3. The average molecular weight is 295 g/mol. The van der Waals surface area contributed by atoms with E-state index in [0.717, 1.165) is 6.54 Å². The molecule has 0 bridgehead atoms. The van der Waals surface area contributed by atoms with Gasteiger partial charge in [0, 0.05) is 16.8 Å². The highest BCUT2D eigenvalue weighted by Crippen LogP contribution is 2.20. The van der Waals surface area contributed by atoms with Crippen LogP contribution in [0.4, 0.5) is 4.39 Å². The van der Waals surface area contributed by atoms with Gasteiger partial charge in [-0.1, -0.05) is 18.5 Å². The fraction of sp³-hybridized carbons (Fsp3) is 0.267. The molecule has 1 aromatic carbocycles. The Kier molecular flexibility index (Phi) is 5.32. The van der Waals surface area contributed by atoms with Gasteiger partial charge in [-0.25, -0.2) is 4.39 Å². The zero-order chi connectivity index (χ0) is 14.4. The van der Waals surface area contributed by atoms with E-state index in [9.17, 15) is 4.39 Å². The van der Waals surface area contributed by atoms with Crippen LogP contribution in [0.3, 0.4) is 0 Å². The van der Waals surface area contributed by atoms with Crippen molar-refractivity contribution in [3.05, 3.63) is 59.1 Å². The minimum absolute atomic E-state index is 0.223. The maximum absolute atomic E-state index is 13.8. The van der Waals surface area contributed by atoms with Crippen LogP contribution in [0.25, 0.3) is 0 Å². The monoisotopic (exact) mass is 294 g/mol. The molecule has 3 nitrogen and oxygen atoms in total. The van der Waals surface area contributed by atoms with Crippen molar-refractivity contribution in [1.29, 1.82) is 0 Å². The van der Waals surface area contributed by atoms with Gasteiger partial charge in [-0.3, -0.25) is 4.98 Å². The van der Waals surface area contributed by atoms with Crippen LogP contribution < -0.4 is 10.1 Å². The van der Waals surface area contributed by atoms with Crippen LogP contribution in [0.15, 0.2) is 42.7 Å². The Morgan fingerprint density at radius 1 is 1.30 bits per heavy atom. The Morgan fingerprint density at radius 2 is 2.05 bits per heavy atom. The Labute approximate surface area is 122 Å². The fourth-order valence-electron chi connectivity index (χ4n) is 1.88. The second kappa shape index (κ2) is 7.22. The highest BCUT2D eigenvalue weighted by molar-refractivity contribution is 6.30. The predicted molar refractivity (Wildman–Crippen MR) is 77.6 cm³/mol. The van der Waals surface area contributed by atoms with Crippen LogP contribution in [0.1, 0.15) is 18.5 Å². The number of benzene rings is 1. The van der Waals surface area contributed by atoms with Crippen LogP contribution in [0.5, 0.6) is 5.75 Å². The number of halogens is 2. The first-order valence-corrected chi connectivity index (χ1v) is 6.79. The molecule has 2 rings (SSSR count). The molecule has 0 aliphatic heterocycles. The quantitative estimate of drug-likeness (QED) is 0.884.